The van der Waals surface area contributed by atoms with E-state index in [1.807, 2.05) is 26.8 Å². The van der Waals surface area contributed by atoms with Crippen molar-refractivity contribution in [1.29, 1.82) is 5.26 Å². The van der Waals surface area contributed by atoms with Crippen LogP contribution in [0.5, 0.6) is 0 Å². The second-order valence-electron chi connectivity index (χ2n) is 4.70. The summed E-state index contributed by atoms with van der Waals surface area (Å²) in [6.45, 7) is 5.98. The summed E-state index contributed by atoms with van der Waals surface area (Å²) in [4.78, 5) is 14.1. The molecule has 0 aromatic carbocycles. The lowest BCUT2D eigenvalue weighted by atomic mass is 9.92. The first-order chi connectivity index (χ1) is 7.43. The molecular weight excluding hydrogens is 204 g/mol. The van der Waals surface area contributed by atoms with Crippen LogP contribution < -0.4 is 5.56 Å². The maximum atomic E-state index is 11.5. The first-order valence-corrected chi connectivity index (χ1v) is 4.95. The quantitative estimate of drug-likeness (QED) is 0.718. The predicted octanol–water partition coefficient (Wildman–Crippen LogP) is 1.19. The predicted molar refractivity (Wildman–Crippen MR) is 59.2 cm³/mol. The number of hydrogen-bond acceptors (Lipinski definition) is 3. The van der Waals surface area contributed by atoms with E-state index in [9.17, 15) is 4.79 Å². The highest BCUT2D eigenvalue weighted by atomic mass is 16.1. The molecular formula is C11H12N4O. The van der Waals surface area contributed by atoms with E-state index in [0.717, 1.165) is 5.69 Å². The monoisotopic (exact) mass is 216 g/mol. The summed E-state index contributed by atoms with van der Waals surface area (Å²) in [5, 5.41) is 13.0. The van der Waals surface area contributed by atoms with Crippen LogP contribution in [-0.2, 0) is 5.41 Å². The number of fused-ring (bicyclic) bond motifs is 1. The van der Waals surface area contributed by atoms with E-state index in [-0.39, 0.29) is 11.0 Å². The zero-order valence-electron chi connectivity index (χ0n) is 9.40. The molecule has 1 N–H and O–H groups in total. The molecule has 5 heteroatoms. The molecule has 0 saturated heterocycles. The van der Waals surface area contributed by atoms with Gasteiger partial charge >= 0.3 is 0 Å². The highest BCUT2D eigenvalue weighted by Crippen LogP contribution is 2.21. The molecule has 82 valence electrons. The van der Waals surface area contributed by atoms with E-state index in [4.69, 9.17) is 5.26 Å². The Morgan fingerprint density at radius 1 is 1.50 bits per heavy atom. The number of H-pyrrole nitrogens is 1. The average Bonchev–Trinajstić information content (AvgIpc) is 2.57. The summed E-state index contributed by atoms with van der Waals surface area (Å²) in [5.74, 6) is 0. The van der Waals surface area contributed by atoms with Crippen molar-refractivity contribution >= 4 is 5.65 Å². The summed E-state index contributed by atoms with van der Waals surface area (Å²) < 4.78 is 1.61. The highest BCUT2D eigenvalue weighted by molar-refractivity contribution is 5.54. The Morgan fingerprint density at radius 3 is 2.75 bits per heavy atom. The van der Waals surface area contributed by atoms with E-state index in [2.05, 4.69) is 10.1 Å². The first kappa shape index (κ1) is 10.4. The molecule has 0 spiro atoms. The van der Waals surface area contributed by atoms with Crippen molar-refractivity contribution in [3.05, 3.63) is 33.9 Å². The van der Waals surface area contributed by atoms with Crippen LogP contribution in [0.4, 0.5) is 0 Å². The molecule has 2 rings (SSSR count). The number of aromatic amines is 1. The Kier molecular flexibility index (Phi) is 2.09. The topological polar surface area (TPSA) is 73.9 Å². The van der Waals surface area contributed by atoms with Crippen LogP contribution in [0.3, 0.4) is 0 Å². The van der Waals surface area contributed by atoms with Crippen LogP contribution in [0.2, 0.25) is 0 Å². The van der Waals surface area contributed by atoms with Crippen molar-refractivity contribution in [2.45, 2.75) is 26.2 Å². The molecule has 2 aromatic heterocycles. The second kappa shape index (κ2) is 3.20. The van der Waals surface area contributed by atoms with Gasteiger partial charge in [-0.1, -0.05) is 20.8 Å². The number of aromatic nitrogens is 3. The minimum atomic E-state index is -0.213. The van der Waals surface area contributed by atoms with E-state index in [1.54, 1.807) is 4.52 Å². The summed E-state index contributed by atoms with van der Waals surface area (Å²) >= 11 is 0. The van der Waals surface area contributed by atoms with Crippen LogP contribution >= 0.6 is 0 Å². The van der Waals surface area contributed by atoms with Crippen molar-refractivity contribution in [1.82, 2.24) is 14.6 Å². The minimum Gasteiger partial charge on any atom is -0.306 e. The molecule has 0 aliphatic carbocycles. The van der Waals surface area contributed by atoms with E-state index in [1.165, 1.54) is 12.3 Å². The third-order valence-electron chi connectivity index (χ3n) is 2.40. The van der Waals surface area contributed by atoms with E-state index < -0.39 is 0 Å². The SMILES string of the molecule is CC(C)(C)c1cc(=O)[nH]c2c(C#N)cnn12. The average molecular weight is 216 g/mol. The van der Waals surface area contributed by atoms with Crippen LogP contribution in [0, 0.1) is 11.3 Å². The van der Waals surface area contributed by atoms with Gasteiger partial charge in [-0.3, -0.25) is 4.79 Å². The molecule has 0 fully saturated rings. The zero-order valence-corrected chi connectivity index (χ0v) is 9.40. The third kappa shape index (κ3) is 1.48. The Morgan fingerprint density at radius 2 is 2.19 bits per heavy atom. The van der Waals surface area contributed by atoms with Gasteiger partial charge in [-0.05, 0) is 0 Å². The Bertz CT molecular complexity index is 637. The highest BCUT2D eigenvalue weighted by Gasteiger charge is 2.20. The van der Waals surface area contributed by atoms with E-state index >= 15 is 0 Å². The van der Waals surface area contributed by atoms with Crippen molar-refractivity contribution < 1.29 is 0 Å². The maximum absolute atomic E-state index is 11.5. The molecule has 16 heavy (non-hydrogen) atoms. The van der Waals surface area contributed by atoms with Gasteiger partial charge < -0.3 is 4.98 Å². The standard InChI is InChI=1S/C11H12N4O/c1-11(2,3)8-4-9(16)14-10-7(5-12)6-13-15(8)10/h4,6H,1-3H3,(H,14,16). The fourth-order valence-corrected chi connectivity index (χ4v) is 1.61. The van der Waals surface area contributed by atoms with Gasteiger partial charge in [0.1, 0.15) is 11.6 Å². The fraction of sp³-hybridized carbons (Fsp3) is 0.364. The maximum Gasteiger partial charge on any atom is 0.251 e. The largest absolute Gasteiger partial charge is 0.306 e. The van der Waals surface area contributed by atoms with Crippen LogP contribution in [0.15, 0.2) is 17.1 Å². The van der Waals surface area contributed by atoms with E-state index in [0.29, 0.717) is 11.2 Å². The normalized spacial score (nSPS) is 11.6. The lowest BCUT2D eigenvalue weighted by molar-refractivity contribution is 0.545. The molecule has 0 amide bonds. The molecule has 2 aromatic rings. The number of nitrogens with one attached hydrogen (secondary N) is 1. The molecule has 0 atom stereocenters. The van der Waals surface area contributed by atoms with Crippen LogP contribution in [0.25, 0.3) is 5.65 Å². The number of nitriles is 1. The molecule has 0 unspecified atom stereocenters. The van der Waals surface area contributed by atoms with Gasteiger partial charge in [0.15, 0.2) is 5.65 Å². The van der Waals surface area contributed by atoms with Crippen LogP contribution in [-0.4, -0.2) is 14.6 Å². The fourth-order valence-electron chi connectivity index (χ4n) is 1.61. The summed E-state index contributed by atoms with van der Waals surface area (Å²) in [7, 11) is 0. The Labute approximate surface area is 92.3 Å². The minimum absolute atomic E-state index is 0.203. The number of nitrogens with zero attached hydrogens (tertiary/aromatic N) is 3. The van der Waals surface area contributed by atoms with Crippen molar-refractivity contribution in [2.24, 2.45) is 0 Å². The van der Waals surface area contributed by atoms with Gasteiger partial charge in [0.25, 0.3) is 5.56 Å². The summed E-state index contributed by atoms with van der Waals surface area (Å²) in [5.41, 5.74) is 1.20. The lowest BCUT2D eigenvalue weighted by Crippen LogP contribution is -2.22. The first-order valence-electron chi connectivity index (χ1n) is 4.95. The zero-order chi connectivity index (χ0) is 11.9. The smallest absolute Gasteiger partial charge is 0.251 e. The number of rotatable bonds is 0. The second-order valence-corrected chi connectivity index (χ2v) is 4.70. The molecule has 0 aliphatic rings. The Balaban J connectivity index is 2.92. The Hall–Kier alpha value is -2.09. The van der Waals surface area contributed by atoms with Gasteiger partial charge in [0, 0.05) is 11.5 Å². The van der Waals surface area contributed by atoms with Gasteiger partial charge in [0.2, 0.25) is 0 Å². The third-order valence-corrected chi connectivity index (χ3v) is 2.40. The van der Waals surface area contributed by atoms with Crippen LogP contribution in [0.1, 0.15) is 32.0 Å². The van der Waals surface area contributed by atoms with Crippen molar-refractivity contribution in [2.75, 3.05) is 0 Å². The summed E-state index contributed by atoms with van der Waals surface area (Å²) in [6.07, 6.45) is 1.46. The van der Waals surface area contributed by atoms with Gasteiger partial charge in [-0.25, -0.2) is 4.52 Å². The molecule has 0 saturated carbocycles. The van der Waals surface area contributed by atoms with Crippen molar-refractivity contribution in [3.63, 3.8) is 0 Å². The van der Waals surface area contributed by atoms with Gasteiger partial charge in [0.05, 0.1) is 11.9 Å². The molecule has 5 nitrogen and oxygen atoms in total. The molecule has 0 bridgehead atoms. The van der Waals surface area contributed by atoms with Crippen molar-refractivity contribution in [3.8, 4) is 6.07 Å². The molecule has 0 radical (unpaired) electrons. The number of hydrogen-bond donors (Lipinski definition) is 1. The lowest BCUT2D eigenvalue weighted by Gasteiger charge is -2.19. The van der Waals surface area contributed by atoms with Gasteiger partial charge in [-0.15, -0.1) is 0 Å². The van der Waals surface area contributed by atoms with Gasteiger partial charge in [-0.2, -0.15) is 10.4 Å². The summed E-state index contributed by atoms with van der Waals surface area (Å²) in [6, 6.07) is 3.52. The molecule has 2 heterocycles. The molecule has 0 aliphatic heterocycles.